The maximum absolute atomic E-state index is 13.0. The predicted octanol–water partition coefficient (Wildman–Crippen LogP) is 4.31. The molecule has 1 N–H and O–H groups in total. The Morgan fingerprint density at radius 3 is 2.55 bits per heavy atom. The molecular formula is C22H23ClN4O2. The Morgan fingerprint density at radius 1 is 1.10 bits per heavy atom. The second-order valence-electron chi connectivity index (χ2n) is 7.20. The average Bonchev–Trinajstić information content (AvgIpc) is 3.12. The Morgan fingerprint density at radius 2 is 1.83 bits per heavy atom. The zero-order valence-corrected chi connectivity index (χ0v) is 17.2. The van der Waals surface area contributed by atoms with Crippen molar-refractivity contribution in [2.45, 2.75) is 6.92 Å². The second-order valence-corrected chi connectivity index (χ2v) is 7.63. The summed E-state index contributed by atoms with van der Waals surface area (Å²) in [5.41, 5.74) is 2.74. The summed E-state index contributed by atoms with van der Waals surface area (Å²) in [4.78, 5) is 21.9. The highest BCUT2D eigenvalue weighted by atomic mass is 35.5. The topological polar surface area (TPSA) is 61.6 Å². The largest absolute Gasteiger partial charge is 0.441 e. The van der Waals surface area contributed by atoms with E-state index in [2.05, 4.69) is 27.1 Å². The molecule has 0 unspecified atom stereocenters. The SMILES string of the molecule is Cc1oc(-c2ccccc2)nc1C(=O)Nc1cc(Cl)ccc1N1CCN(C)CC1. The highest BCUT2D eigenvalue weighted by Crippen LogP contribution is 2.31. The van der Waals surface area contributed by atoms with Gasteiger partial charge in [-0.05, 0) is 44.3 Å². The van der Waals surface area contributed by atoms with Gasteiger partial charge in [0.05, 0.1) is 11.4 Å². The lowest BCUT2D eigenvalue weighted by molar-refractivity contribution is 0.102. The molecule has 1 aliphatic heterocycles. The van der Waals surface area contributed by atoms with E-state index in [0.29, 0.717) is 22.4 Å². The number of anilines is 2. The summed E-state index contributed by atoms with van der Waals surface area (Å²) in [6, 6.07) is 15.1. The normalized spacial score (nSPS) is 14.8. The molecule has 1 fully saturated rings. The minimum Gasteiger partial charge on any atom is -0.441 e. The second kappa shape index (κ2) is 8.27. The first-order valence-electron chi connectivity index (χ1n) is 9.58. The number of amides is 1. The number of halogens is 1. The van der Waals surface area contributed by atoms with E-state index < -0.39 is 0 Å². The molecule has 7 heteroatoms. The highest BCUT2D eigenvalue weighted by molar-refractivity contribution is 6.31. The third-order valence-corrected chi connectivity index (χ3v) is 5.32. The van der Waals surface area contributed by atoms with E-state index in [0.717, 1.165) is 37.4 Å². The van der Waals surface area contributed by atoms with Crippen molar-refractivity contribution < 1.29 is 9.21 Å². The predicted molar refractivity (Wildman–Crippen MR) is 116 cm³/mol. The number of carbonyl (C=O) groups excluding carboxylic acids is 1. The van der Waals surface area contributed by atoms with Gasteiger partial charge in [-0.2, -0.15) is 0 Å². The number of aromatic nitrogens is 1. The van der Waals surface area contributed by atoms with Crippen LogP contribution in [0.15, 0.2) is 52.9 Å². The Labute approximate surface area is 175 Å². The van der Waals surface area contributed by atoms with Crippen molar-refractivity contribution in [3.8, 4) is 11.5 Å². The Bertz CT molecular complexity index is 1010. The Balaban J connectivity index is 1.59. The number of nitrogens with zero attached hydrogens (tertiary/aromatic N) is 3. The fraction of sp³-hybridized carbons (Fsp3) is 0.273. The van der Waals surface area contributed by atoms with Crippen LogP contribution in [0.3, 0.4) is 0 Å². The summed E-state index contributed by atoms with van der Waals surface area (Å²) in [5.74, 6) is 0.592. The smallest absolute Gasteiger partial charge is 0.277 e. The fourth-order valence-corrected chi connectivity index (χ4v) is 3.60. The molecular weight excluding hydrogens is 388 g/mol. The number of nitrogens with one attached hydrogen (secondary N) is 1. The molecule has 1 saturated heterocycles. The standard InChI is InChI=1S/C22H23ClN4O2/c1-15-20(25-22(29-15)16-6-4-3-5-7-16)21(28)24-18-14-17(23)8-9-19(18)27-12-10-26(2)11-13-27/h3-9,14H,10-13H2,1-2H3,(H,24,28). The molecule has 1 aliphatic rings. The van der Waals surface area contributed by atoms with E-state index in [1.165, 1.54) is 0 Å². The number of oxazole rings is 1. The number of aryl methyl sites for hydroxylation is 1. The van der Waals surface area contributed by atoms with Gasteiger partial charge < -0.3 is 19.5 Å². The fourth-order valence-electron chi connectivity index (χ4n) is 3.42. The van der Waals surface area contributed by atoms with Gasteiger partial charge in [0.2, 0.25) is 5.89 Å². The number of benzene rings is 2. The first kappa shape index (κ1) is 19.5. The first-order chi connectivity index (χ1) is 14.0. The molecule has 4 rings (SSSR count). The number of rotatable bonds is 4. The van der Waals surface area contributed by atoms with E-state index in [1.54, 1.807) is 13.0 Å². The van der Waals surface area contributed by atoms with E-state index in [-0.39, 0.29) is 11.6 Å². The molecule has 3 aromatic rings. The van der Waals surface area contributed by atoms with Gasteiger partial charge in [-0.1, -0.05) is 29.8 Å². The Kier molecular flexibility index (Phi) is 5.56. The van der Waals surface area contributed by atoms with Crippen LogP contribution in [0.1, 0.15) is 16.2 Å². The highest BCUT2D eigenvalue weighted by Gasteiger charge is 2.22. The van der Waals surface area contributed by atoms with Crippen molar-refractivity contribution in [2.24, 2.45) is 0 Å². The molecule has 0 radical (unpaired) electrons. The summed E-state index contributed by atoms with van der Waals surface area (Å²) in [6.07, 6.45) is 0. The van der Waals surface area contributed by atoms with Gasteiger partial charge in [0, 0.05) is 36.8 Å². The maximum Gasteiger partial charge on any atom is 0.277 e. The summed E-state index contributed by atoms with van der Waals surface area (Å²) in [5, 5.41) is 3.55. The zero-order chi connectivity index (χ0) is 20.4. The number of carbonyl (C=O) groups is 1. The lowest BCUT2D eigenvalue weighted by Gasteiger charge is -2.35. The Hall–Kier alpha value is -2.83. The number of hydrogen-bond acceptors (Lipinski definition) is 5. The van der Waals surface area contributed by atoms with Gasteiger partial charge in [0.15, 0.2) is 5.69 Å². The molecule has 0 saturated carbocycles. The maximum atomic E-state index is 13.0. The molecule has 150 valence electrons. The molecule has 0 bridgehead atoms. The van der Waals surface area contributed by atoms with Crippen LogP contribution < -0.4 is 10.2 Å². The van der Waals surface area contributed by atoms with Crippen molar-refractivity contribution >= 4 is 28.9 Å². The van der Waals surface area contributed by atoms with Crippen LogP contribution in [0.2, 0.25) is 5.02 Å². The van der Waals surface area contributed by atoms with Gasteiger partial charge in [-0.15, -0.1) is 0 Å². The van der Waals surface area contributed by atoms with Crippen molar-refractivity contribution in [3.63, 3.8) is 0 Å². The summed E-state index contributed by atoms with van der Waals surface area (Å²) in [7, 11) is 2.11. The summed E-state index contributed by atoms with van der Waals surface area (Å²) >= 11 is 6.21. The van der Waals surface area contributed by atoms with Crippen molar-refractivity contribution in [2.75, 3.05) is 43.4 Å². The summed E-state index contributed by atoms with van der Waals surface area (Å²) in [6.45, 7) is 5.47. The molecule has 2 aromatic carbocycles. The number of hydrogen-bond donors (Lipinski definition) is 1. The van der Waals surface area contributed by atoms with E-state index in [4.69, 9.17) is 16.0 Å². The van der Waals surface area contributed by atoms with E-state index in [9.17, 15) is 4.79 Å². The van der Waals surface area contributed by atoms with Gasteiger partial charge >= 0.3 is 0 Å². The molecule has 0 aliphatic carbocycles. The van der Waals surface area contributed by atoms with E-state index >= 15 is 0 Å². The monoisotopic (exact) mass is 410 g/mol. The van der Waals surface area contributed by atoms with Gasteiger partial charge in [0.25, 0.3) is 5.91 Å². The third-order valence-electron chi connectivity index (χ3n) is 5.08. The van der Waals surface area contributed by atoms with Crippen molar-refractivity contribution in [1.29, 1.82) is 0 Å². The van der Waals surface area contributed by atoms with Gasteiger partial charge in [-0.3, -0.25) is 4.79 Å². The van der Waals surface area contributed by atoms with Gasteiger partial charge in [0.1, 0.15) is 5.76 Å². The lowest BCUT2D eigenvalue weighted by Crippen LogP contribution is -2.44. The van der Waals surface area contributed by atoms with Crippen LogP contribution >= 0.6 is 11.6 Å². The van der Waals surface area contributed by atoms with Crippen LogP contribution in [0.25, 0.3) is 11.5 Å². The number of piperazine rings is 1. The lowest BCUT2D eigenvalue weighted by atomic mass is 10.2. The molecule has 0 atom stereocenters. The molecule has 6 nitrogen and oxygen atoms in total. The van der Waals surface area contributed by atoms with Crippen molar-refractivity contribution in [3.05, 3.63) is 65.0 Å². The van der Waals surface area contributed by atoms with Crippen LogP contribution in [0.5, 0.6) is 0 Å². The van der Waals surface area contributed by atoms with Crippen molar-refractivity contribution in [1.82, 2.24) is 9.88 Å². The quantitative estimate of drug-likeness (QED) is 0.694. The minimum absolute atomic E-state index is 0.271. The third kappa shape index (κ3) is 4.28. The zero-order valence-electron chi connectivity index (χ0n) is 16.5. The average molecular weight is 411 g/mol. The molecule has 29 heavy (non-hydrogen) atoms. The molecule has 0 spiro atoms. The van der Waals surface area contributed by atoms with Crippen LogP contribution in [0.4, 0.5) is 11.4 Å². The van der Waals surface area contributed by atoms with Crippen LogP contribution in [0, 0.1) is 6.92 Å². The van der Waals surface area contributed by atoms with Gasteiger partial charge in [-0.25, -0.2) is 4.98 Å². The first-order valence-corrected chi connectivity index (χ1v) is 9.96. The molecule has 2 heterocycles. The molecule has 1 amide bonds. The number of likely N-dealkylation sites (N-methyl/N-ethyl adjacent to an activating group) is 1. The van der Waals surface area contributed by atoms with Crippen LogP contribution in [-0.4, -0.2) is 49.0 Å². The van der Waals surface area contributed by atoms with Crippen LogP contribution in [-0.2, 0) is 0 Å². The minimum atomic E-state index is -0.314. The van der Waals surface area contributed by atoms with E-state index in [1.807, 2.05) is 42.5 Å². The molecule has 1 aromatic heterocycles. The summed E-state index contributed by atoms with van der Waals surface area (Å²) < 4.78 is 5.73.